The number of esters is 1. The summed E-state index contributed by atoms with van der Waals surface area (Å²) in [5.74, 6) is -0.350. The third-order valence-electron chi connectivity index (χ3n) is 4.00. The molecule has 0 radical (unpaired) electrons. The van der Waals surface area contributed by atoms with Crippen LogP contribution in [0.1, 0.15) is 57.0 Å². The van der Waals surface area contributed by atoms with Crippen LogP contribution in [0.5, 0.6) is 0 Å². The highest BCUT2D eigenvalue weighted by Crippen LogP contribution is 2.26. The Labute approximate surface area is 161 Å². The van der Waals surface area contributed by atoms with Crippen LogP contribution in [0.25, 0.3) is 0 Å². The third kappa shape index (κ3) is 5.99. The number of carbonyl (C=O) groups excluding carboxylic acids is 1. The normalized spacial score (nSPS) is 13.4. The van der Waals surface area contributed by atoms with Gasteiger partial charge in [0.15, 0.2) is 0 Å². The number of carbonyl (C=O) groups is 1. The minimum Gasteiger partial charge on any atom is -0.459 e. The van der Waals surface area contributed by atoms with Crippen molar-refractivity contribution in [2.24, 2.45) is 4.99 Å². The molecule has 1 unspecified atom stereocenters. The van der Waals surface area contributed by atoms with E-state index in [-0.39, 0.29) is 17.5 Å². The van der Waals surface area contributed by atoms with Crippen LogP contribution in [0.4, 0.5) is 5.69 Å². The van der Waals surface area contributed by atoms with Crippen molar-refractivity contribution in [2.75, 3.05) is 0 Å². The lowest BCUT2D eigenvalue weighted by atomic mass is 9.87. The Morgan fingerprint density at radius 3 is 2.42 bits per heavy atom. The van der Waals surface area contributed by atoms with Crippen LogP contribution in [-0.2, 0) is 10.2 Å². The fraction of sp³-hybridized carbons (Fsp3) is 0.364. The van der Waals surface area contributed by atoms with Gasteiger partial charge in [-0.05, 0) is 61.2 Å². The second kappa shape index (κ2) is 8.50. The molecule has 0 aliphatic rings. The average Bonchev–Trinajstić information content (AvgIpc) is 2.54. The molecule has 0 fully saturated rings. The first kappa shape index (κ1) is 20.2. The molecule has 138 valence electrons. The quantitative estimate of drug-likeness (QED) is 0.452. The maximum atomic E-state index is 12.2. The van der Waals surface area contributed by atoms with E-state index in [9.17, 15) is 4.79 Å². The van der Waals surface area contributed by atoms with Gasteiger partial charge in [-0.3, -0.25) is 4.99 Å². The monoisotopic (exact) mass is 371 g/mol. The summed E-state index contributed by atoms with van der Waals surface area (Å²) in [6, 6.07) is 14.9. The zero-order valence-corrected chi connectivity index (χ0v) is 16.8. The van der Waals surface area contributed by atoms with E-state index in [1.807, 2.05) is 26.0 Å². The zero-order chi connectivity index (χ0) is 19.3. The van der Waals surface area contributed by atoms with Gasteiger partial charge in [0.1, 0.15) is 6.10 Å². The molecule has 2 aromatic carbocycles. The molecule has 4 heteroatoms. The van der Waals surface area contributed by atoms with E-state index in [2.05, 4.69) is 37.9 Å². The summed E-state index contributed by atoms with van der Waals surface area (Å²) in [7, 11) is 0. The summed E-state index contributed by atoms with van der Waals surface area (Å²) in [5.41, 5.74) is 3.67. The molecule has 2 aromatic rings. The molecular formula is C22H26ClNO2. The number of nitrogens with zero attached hydrogens (tertiary/aromatic N) is 1. The molecule has 0 spiro atoms. The Kier molecular flexibility index (Phi) is 6.60. The van der Waals surface area contributed by atoms with Crippen LogP contribution >= 0.6 is 11.6 Å². The fourth-order valence-corrected chi connectivity index (χ4v) is 2.73. The number of aliphatic imine (C=N–C) groups is 1. The van der Waals surface area contributed by atoms with E-state index in [1.54, 1.807) is 24.3 Å². The van der Waals surface area contributed by atoms with Crippen molar-refractivity contribution in [1.29, 1.82) is 0 Å². The number of benzene rings is 2. The minimum atomic E-state index is -0.350. The fourth-order valence-electron chi connectivity index (χ4n) is 2.60. The summed E-state index contributed by atoms with van der Waals surface area (Å²) in [4.78, 5) is 16.8. The summed E-state index contributed by atoms with van der Waals surface area (Å²) in [6.45, 7) is 10.4. The van der Waals surface area contributed by atoms with Crippen molar-refractivity contribution < 1.29 is 9.53 Å². The van der Waals surface area contributed by atoms with Gasteiger partial charge in [0.05, 0.1) is 11.3 Å². The number of halogens is 1. The highest BCUT2D eigenvalue weighted by atomic mass is 35.5. The SMILES string of the molecule is CC(CC(C)OC(=O)c1ccc(Cl)cc1)=Nc1cccc(C(C)(C)C)c1. The van der Waals surface area contributed by atoms with Gasteiger partial charge >= 0.3 is 5.97 Å². The third-order valence-corrected chi connectivity index (χ3v) is 4.26. The molecule has 3 nitrogen and oxygen atoms in total. The molecule has 0 aliphatic heterocycles. The highest BCUT2D eigenvalue weighted by Gasteiger charge is 2.15. The lowest BCUT2D eigenvalue weighted by molar-refractivity contribution is 0.0356. The minimum absolute atomic E-state index is 0.0842. The first-order valence-electron chi connectivity index (χ1n) is 8.76. The molecule has 0 amide bonds. The molecular weight excluding hydrogens is 346 g/mol. The van der Waals surface area contributed by atoms with Crippen LogP contribution in [-0.4, -0.2) is 17.8 Å². The topological polar surface area (TPSA) is 38.7 Å². The van der Waals surface area contributed by atoms with Crippen molar-refractivity contribution in [3.05, 3.63) is 64.7 Å². The Hall–Kier alpha value is -2.13. The predicted octanol–water partition coefficient (Wildman–Crippen LogP) is 6.37. The van der Waals surface area contributed by atoms with Gasteiger partial charge < -0.3 is 4.74 Å². The Morgan fingerprint density at radius 1 is 1.15 bits per heavy atom. The second-order valence-corrected chi connectivity index (χ2v) is 8.01. The van der Waals surface area contributed by atoms with Gasteiger partial charge in [-0.1, -0.05) is 44.5 Å². The maximum absolute atomic E-state index is 12.2. The maximum Gasteiger partial charge on any atom is 0.338 e. The van der Waals surface area contributed by atoms with E-state index >= 15 is 0 Å². The number of rotatable bonds is 5. The number of hydrogen-bond acceptors (Lipinski definition) is 3. The van der Waals surface area contributed by atoms with E-state index in [1.165, 1.54) is 5.56 Å². The van der Waals surface area contributed by atoms with Gasteiger partial charge in [0.2, 0.25) is 0 Å². The smallest absolute Gasteiger partial charge is 0.338 e. The Balaban J connectivity index is 2.00. The molecule has 0 N–H and O–H groups in total. The van der Waals surface area contributed by atoms with Gasteiger partial charge in [0, 0.05) is 17.2 Å². The van der Waals surface area contributed by atoms with E-state index in [4.69, 9.17) is 16.3 Å². The van der Waals surface area contributed by atoms with Crippen LogP contribution in [0.3, 0.4) is 0 Å². The van der Waals surface area contributed by atoms with Crippen molar-refractivity contribution >= 4 is 29.0 Å². The van der Waals surface area contributed by atoms with Gasteiger partial charge in [-0.2, -0.15) is 0 Å². The van der Waals surface area contributed by atoms with Crippen molar-refractivity contribution in [1.82, 2.24) is 0 Å². The molecule has 0 saturated heterocycles. The molecule has 0 aromatic heterocycles. The molecule has 0 saturated carbocycles. The van der Waals surface area contributed by atoms with Gasteiger partial charge in [-0.25, -0.2) is 4.79 Å². The molecule has 0 heterocycles. The summed E-state index contributed by atoms with van der Waals surface area (Å²) in [6.07, 6.45) is 0.326. The highest BCUT2D eigenvalue weighted by molar-refractivity contribution is 6.30. The average molecular weight is 372 g/mol. The van der Waals surface area contributed by atoms with Gasteiger partial charge in [-0.15, -0.1) is 0 Å². The first-order chi connectivity index (χ1) is 12.1. The molecule has 0 aliphatic carbocycles. The van der Waals surface area contributed by atoms with Crippen molar-refractivity contribution in [3.63, 3.8) is 0 Å². The molecule has 1 atom stereocenters. The summed E-state index contributed by atoms with van der Waals surface area (Å²) >= 11 is 5.84. The lowest BCUT2D eigenvalue weighted by Gasteiger charge is -2.19. The lowest BCUT2D eigenvalue weighted by Crippen LogP contribution is -2.17. The first-order valence-corrected chi connectivity index (χ1v) is 9.14. The van der Waals surface area contributed by atoms with Crippen LogP contribution in [0.2, 0.25) is 5.02 Å². The van der Waals surface area contributed by atoms with E-state index in [0.717, 1.165) is 11.4 Å². The van der Waals surface area contributed by atoms with E-state index < -0.39 is 0 Å². The zero-order valence-electron chi connectivity index (χ0n) is 16.0. The largest absolute Gasteiger partial charge is 0.459 e. The molecule has 2 rings (SSSR count). The van der Waals surface area contributed by atoms with Gasteiger partial charge in [0.25, 0.3) is 0 Å². The van der Waals surface area contributed by atoms with E-state index in [0.29, 0.717) is 17.0 Å². The standard InChI is InChI=1S/C22H26ClNO2/c1-15(24-20-8-6-7-18(14-20)22(3,4)5)13-16(2)26-21(25)17-9-11-19(23)12-10-17/h6-12,14,16H,13H2,1-5H3. The van der Waals surface area contributed by atoms with Crippen LogP contribution < -0.4 is 0 Å². The predicted molar refractivity (Wildman–Crippen MR) is 109 cm³/mol. The van der Waals surface area contributed by atoms with Crippen molar-refractivity contribution in [3.8, 4) is 0 Å². The van der Waals surface area contributed by atoms with Crippen LogP contribution in [0, 0.1) is 0 Å². The number of hydrogen-bond donors (Lipinski definition) is 0. The Morgan fingerprint density at radius 2 is 1.81 bits per heavy atom. The second-order valence-electron chi connectivity index (χ2n) is 7.57. The van der Waals surface area contributed by atoms with Crippen LogP contribution in [0.15, 0.2) is 53.5 Å². The number of ether oxygens (including phenoxy) is 1. The van der Waals surface area contributed by atoms with Crippen molar-refractivity contribution in [2.45, 2.75) is 52.6 Å². The molecule has 26 heavy (non-hydrogen) atoms. The summed E-state index contributed by atoms with van der Waals surface area (Å²) in [5, 5.41) is 0.593. The molecule has 0 bridgehead atoms. The summed E-state index contributed by atoms with van der Waals surface area (Å²) < 4.78 is 5.50. The Bertz CT molecular complexity index is 789.